The molecule has 0 saturated carbocycles. The number of quaternary nitrogens is 1. The van der Waals surface area contributed by atoms with Crippen molar-refractivity contribution >= 4 is 23.4 Å². The Labute approximate surface area is 167 Å². The molecule has 0 aliphatic carbocycles. The first-order valence-electron chi connectivity index (χ1n) is 9.05. The fraction of sp³-hybridized carbons (Fsp3) is 0.500. The Morgan fingerprint density at radius 3 is 2.21 bits per heavy atom. The number of benzene rings is 1. The molecule has 0 spiro atoms. The Kier molecular flexibility index (Phi) is 9.39. The lowest BCUT2D eigenvalue weighted by Gasteiger charge is -2.22. The lowest BCUT2D eigenvalue weighted by molar-refractivity contribution is -0.862. The van der Waals surface area contributed by atoms with Gasteiger partial charge in [0.1, 0.15) is 5.75 Å². The Bertz CT molecular complexity index is 695. The van der Waals surface area contributed by atoms with Crippen molar-refractivity contribution in [1.29, 1.82) is 0 Å². The van der Waals surface area contributed by atoms with E-state index < -0.39 is 18.0 Å². The lowest BCUT2D eigenvalue weighted by atomic mass is 10.3. The van der Waals surface area contributed by atoms with E-state index in [1.807, 2.05) is 0 Å². The van der Waals surface area contributed by atoms with Gasteiger partial charge >= 0.3 is 6.36 Å². The smallest absolute Gasteiger partial charge is 0.406 e. The number of ether oxygens (including phenoxy) is 1. The largest absolute Gasteiger partial charge is 0.573 e. The first-order chi connectivity index (χ1) is 13.5. The van der Waals surface area contributed by atoms with Gasteiger partial charge in [-0.15, -0.1) is 13.2 Å². The second-order valence-corrected chi connectivity index (χ2v) is 6.29. The van der Waals surface area contributed by atoms with Crippen molar-refractivity contribution < 1.29 is 37.2 Å². The zero-order valence-corrected chi connectivity index (χ0v) is 16.6. The van der Waals surface area contributed by atoms with Crippen LogP contribution >= 0.6 is 0 Å². The van der Waals surface area contributed by atoms with Crippen LogP contribution in [0.4, 0.5) is 18.9 Å². The molecule has 0 radical (unpaired) electrons. The molecule has 0 aliphatic heterocycles. The highest BCUT2D eigenvalue weighted by Gasteiger charge is 2.31. The van der Waals surface area contributed by atoms with Crippen molar-refractivity contribution in [2.45, 2.75) is 20.2 Å². The maximum absolute atomic E-state index is 12.3. The maximum Gasteiger partial charge on any atom is 0.573 e. The van der Waals surface area contributed by atoms with E-state index in [0.717, 1.165) is 12.1 Å². The zero-order valence-electron chi connectivity index (χ0n) is 16.6. The molecule has 29 heavy (non-hydrogen) atoms. The summed E-state index contributed by atoms with van der Waals surface area (Å²) in [6, 6.07) is 4.74. The van der Waals surface area contributed by atoms with Crippen molar-refractivity contribution in [1.82, 2.24) is 10.2 Å². The number of carbonyl (C=O) groups is 3. The van der Waals surface area contributed by atoms with Gasteiger partial charge in [-0.05, 0) is 38.1 Å². The molecule has 1 aromatic carbocycles. The summed E-state index contributed by atoms with van der Waals surface area (Å²) in [4.78, 5) is 38.0. The number of nitrogens with zero attached hydrogens (tertiary/aromatic N) is 1. The summed E-state index contributed by atoms with van der Waals surface area (Å²) in [7, 11) is 1.65. The molecule has 8 nitrogen and oxygen atoms in total. The van der Waals surface area contributed by atoms with Gasteiger partial charge in [0, 0.05) is 18.8 Å². The Morgan fingerprint density at radius 2 is 1.69 bits per heavy atom. The van der Waals surface area contributed by atoms with Gasteiger partial charge in [-0.3, -0.25) is 14.4 Å². The van der Waals surface area contributed by atoms with E-state index in [0.29, 0.717) is 23.7 Å². The van der Waals surface area contributed by atoms with E-state index in [-0.39, 0.29) is 31.4 Å². The molecule has 0 aromatic heterocycles. The number of carbonyl (C=O) groups excluding carboxylic acids is 3. The van der Waals surface area contributed by atoms with Crippen molar-refractivity contribution in [2.24, 2.45) is 0 Å². The zero-order chi connectivity index (χ0) is 22.0. The Balaban J connectivity index is 2.50. The van der Waals surface area contributed by atoms with Crippen LogP contribution in [0.2, 0.25) is 0 Å². The Hall–Kier alpha value is -2.82. The van der Waals surface area contributed by atoms with E-state index >= 15 is 0 Å². The molecule has 3 N–H and O–H groups in total. The summed E-state index contributed by atoms with van der Waals surface area (Å²) in [6.07, 6.45) is -4.78. The van der Waals surface area contributed by atoms with Crippen molar-refractivity contribution in [3.63, 3.8) is 0 Å². The van der Waals surface area contributed by atoms with Crippen LogP contribution in [0, 0.1) is 0 Å². The second-order valence-electron chi connectivity index (χ2n) is 6.29. The molecule has 3 amide bonds. The van der Waals surface area contributed by atoms with Gasteiger partial charge in [-0.2, -0.15) is 0 Å². The molecule has 1 atom stereocenters. The summed E-state index contributed by atoms with van der Waals surface area (Å²) in [5, 5.41) is 5.16. The number of alkyl halides is 3. The van der Waals surface area contributed by atoms with Crippen LogP contribution in [-0.4, -0.2) is 68.8 Å². The van der Waals surface area contributed by atoms with Gasteiger partial charge in [-0.25, -0.2) is 0 Å². The molecule has 162 valence electrons. The van der Waals surface area contributed by atoms with Gasteiger partial charge in [-0.1, -0.05) is 0 Å². The van der Waals surface area contributed by atoms with Gasteiger partial charge in [0.05, 0.1) is 13.6 Å². The summed E-state index contributed by atoms with van der Waals surface area (Å²) in [5.41, 5.74) is 0.301. The standard InChI is InChI=1S/C18H25F3N4O4/c1-4-22-15(26)11-25(5-2)17(28)12-24(3)10-16(27)23-13-6-8-14(9-7-13)29-18(19,20)21/h6-9H,4-5,10-12H2,1-3H3,(H,22,26)(H,23,27)/p+1. The molecule has 11 heteroatoms. The van der Waals surface area contributed by atoms with E-state index in [1.165, 1.54) is 17.0 Å². The number of hydrogen-bond donors (Lipinski definition) is 3. The fourth-order valence-electron chi connectivity index (χ4n) is 2.45. The van der Waals surface area contributed by atoms with Crippen LogP contribution in [0.3, 0.4) is 0 Å². The molecule has 1 unspecified atom stereocenters. The molecule has 1 rings (SSSR count). The SMILES string of the molecule is CCNC(=O)CN(CC)C(=O)C[NH+](C)CC(=O)Nc1ccc(OC(F)(F)F)cc1. The Morgan fingerprint density at radius 1 is 1.07 bits per heavy atom. The number of rotatable bonds is 10. The van der Waals surface area contributed by atoms with Crippen LogP contribution in [0.1, 0.15) is 13.8 Å². The predicted octanol–water partition coefficient (Wildman–Crippen LogP) is 0.0230. The third-order valence-corrected chi connectivity index (χ3v) is 3.73. The first-order valence-corrected chi connectivity index (χ1v) is 9.05. The van der Waals surface area contributed by atoms with Crippen molar-refractivity contribution in [2.75, 3.05) is 45.1 Å². The number of nitrogens with one attached hydrogen (secondary N) is 3. The lowest BCUT2D eigenvalue weighted by Crippen LogP contribution is -3.11. The molecular formula is C18H26F3N4O4+. The summed E-state index contributed by atoms with van der Waals surface area (Å²) in [6.45, 7) is 4.30. The van der Waals surface area contributed by atoms with E-state index in [9.17, 15) is 27.6 Å². The second kappa shape index (κ2) is 11.2. The summed E-state index contributed by atoms with van der Waals surface area (Å²) < 4.78 is 40.2. The van der Waals surface area contributed by atoms with Crippen LogP contribution < -0.4 is 20.3 Å². The molecule has 1 aromatic rings. The average Bonchev–Trinajstić information content (AvgIpc) is 2.60. The molecule has 0 fully saturated rings. The number of anilines is 1. The molecule has 0 heterocycles. The van der Waals surface area contributed by atoms with Crippen LogP contribution in [0.25, 0.3) is 0 Å². The molecule has 0 bridgehead atoms. The molecular weight excluding hydrogens is 393 g/mol. The third kappa shape index (κ3) is 9.79. The van der Waals surface area contributed by atoms with E-state index in [2.05, 4.69) is 15.4 Å². The number of amides is 3. The van der Waals surface area contributed by atoms with Gasteiger partial charge in [0.2, 0.25) is 5.91 Å². The number of hydrogen-bond acceptors (Lipinski definition) is 4. The molecule has 0 aliphatic rings. The van der Waals surface area contributed by atoms with Crippen LogP contribution in [-0.2, 0) is 14.4 Å². The highest BCUT2D eigenvalue weighted by atomic mass is 19.4. The third-order valence-electron chi connectivity index (χ3n) is 3.73. The van der Waals surface area contributed by atoms with Crippen LogP contribution in [0.5, 0.6) is 5.75 Å². The normalized spacial score (nSPS) is 12.1. The maximum atomic E-state index is 12.3. The minimum Gasteiger partial charge on any atom is -0.406 e. The van der Waals surface area contributed by atoms with Crippen molar-refractivity contribution in [3.8, 4) is 5.75 Å². The first kappa shape index (κ1) is 24.2. The fourth-order valence-corrected chi connectivity index (χ4v) is 2.45. The van der Waals surface area contributed by atoms with E-state index in [4.69, 9.17) is 0 Å². The van der Waals surface area contributed by atoms with Crippen LogP contribution in [0.15, 0.2) is 24.3 Å². The van der Waals surface area contributed by atoms with E-state index in [1.54, 1.807) is 20.9 Å². The number of likely N-dealkylation sites (N-methyl/N-ethyl adjacent to an activating group) is 3. The number of halogens is 3. The minimum atomic E-state index is -4.78. The summed E-state index contributed by atoms with van der Waals surface area (Å²) in [5.74, 6) is -1.32. The highest BCUT2D eigenvalue weighted by Crippen LogP contribution is 2.23. The van der Waals surface area contributed by atoms with Gasteiger partial charge in [0.25, 0.3) is 11.8 Å². The summed E-state index contributed by atoms with van der Waals surface area (Å²) >= 11 is 0. The van der Waals surface area contributed by atoms with Gasteiger partial charge < -0.3 is 25.2 Å². The quantitative estimate of drug-likeness (QED) is 0.499. The minimum absolute atomic E-state index is 0.0129. The molecule has 0 saturated heterocycles. The average molecular weight is 419 g/mol. The predicted molar refractivity (Wildman–Crippen MR) is 99.3 cm³/mol. The van der Waals surface area contributed by atoms with Gasteiger partial charge in [0.15, 0.2) is 13.1 Å². The van der Waals surface area contributed by atoms with Crippen molar-refractivity contribution in [3.05, 3.63) is 24.3 Å². The topological polar surface area (TPSA) is 92.2 Å². The monoisotopic (exact) mass is 419 g/mol. The highest BCUT2D eigenvalue weighted by molar-refractivity contribution is 5.91.